The van der Waals surface area contributed by atoms with Crippen molar-refractivity contribution in [3.63, 3.8) is 0 Å². The second kappa shape index (κ2) is 7.43. The Bertz CT molecular complexity index is 352. The second-order valence-electron chi connectivity index (χ2n) is 5.28. The minimum absolute atomic E-state index is 0.0292. The standard InChI is InChI=1S/C13H23N3O2S/c1-9(2)11(12(14)19)13(18)15-8-10(17)16-6-4-3-5-7-16/h9,11H,3-8H2,1-2H3,(H2,14,19)(H,15,18). The van der Waals surface area contributed by atoms with E-state index in [0.717, 1.165) is 25.9 Å². The Hall–Kier alpha value is -1.17. The third-order valence-electron chi connectivity index (χ3n) is 3.38. The Morgan fingerprint density at radius 2 is 1.84 bits per heavy atom. The maximum Gasteiger partial charge on any atom is 0.241 e. The fourth-order valence-corrected chi connectivity index (χ4v) is 2.67. The highest BCUT2D eigenvalue weighted by Gasteiger charge is 2.26. The second-order valence-corrected chi connectivity index (χ2v) is 5.75. The summed E-state index contributed by atoms with van der Waals surface area (Å²) in [5, 5.41) is 2.64. The highest BCUT2D eigenvalue weighted by molar-refractivity contribution is 7.80. The molecule has 1 rings (SSSR count). The molecule has 1 atom stereocenters. The van der Waals surface area contributed by atoms with Gasteiger partial charge in [0.1, 0.15) is 0 Å². The molecule has 6 heteroatoms. The van der Waals surface area contributed by atoms with E-state index in [0.29, 0.717) is 0 Å². The van der Waals surface area contributed by atoms with E-state index in [9.17, 15) is 9.59 Å². The Kier molecular flexibility index (Phi) is 6.21. The van der Waals surface area contributed by atoms with Crippen molar-refractivity contribution in [2.75, 3.05) is 19.6 Å². The number of rotatable bonds is 5. The van der Waals surface area contributed by atoms with Crippen molar-refractivity contribution in [2.45, 2.75) is 33.1 Å². The number of nitrogens with two attached hydrogens (primary N) is 1. The molecule has 1 aliphatic heterocycles. The molecule has 3 N–H and O–H groups in total. The largest absolute Gasteiger partial charge is 0.393 e. The van der Waals surface area contributed by atoms with Crippen LogP contribution in [0.3, 0.4) is 0 Å². The van der Waals surface area contributed by atoms with Gasteiger partial charge in [-0.3, -0.25) is 9.59 Å². The molecular weight excluding hydrogens is 262 g/mol. The lowest BCUT2D eigenvalue weighted by molar-refractivity contribution is -0.134. The van der Waals surface area contributed by atoms with E-state index < -0.39 is 5.92 Å². The average Bonchev–Trinajstić information content (AvgIpc) is 2.36. The van der Waals surface area contributed by atoms with Crippen molar-refractivity contribution in [1.29, 1.82) is 0 Å². The van der Waals surface area contributed by atoms with E-state index in [1.165, 1.54) is 6.42 Å². The SMILES string of the molecule is CC(C)C(C(=O)NCC(=O)N1CCCCC1)C(N)=S. The van der Waals surface area contributed by atoms with Gasteiger partial charge in [-0.2, -0.15) is 0 Å². The molecule has 0 aromatic carbocycles. The van der Waals surface area contributed by atoms with Crippen LogP contribution in [-0.4, -0.2) is 41.3 Å². The van der Waals surface area contributed by atoms with Crippen LogP contribution in [0.1, 0.15) is 33.1 Å². The van der Waals surface area contributed by atoms with Gasteiger partial charge in [0.2, 0.25) is 11.8 Å². The minimum Gasteiger partial charge on any atom is -0.393 e. The molecule has 1 aliphatic rings. The van der Waals surface area contributed by atoms with Crippen molar-refractivity contribution >= 4 is 29.0 Å². The van der Waals surface area contributed by atoms with E-state index >= 15 is 0 Å². The van der Waals surface area contributed by atoms with Crippen LogP contribution in [0, 0.1) is 11.8 Å². The number of amides is 2. The first-order valence-electron chi connectivity index (χ1n) is 6.78. The van der Waals surface area contributed by atoms with Crippen LogP contribution in [0.2, 0.25) is 0 Å². The summed E-state index contributed by atoms with van der Waals surface area (Å²) in [6.07, 6.45) is 3.26. The van der Waals surface area contributed by atoms with Gasteiger partial charge in [0.25, 0.3) is 0 Å². The van der Waals surface area contributed by atoms with Crippen LogP contribution in [0.4, 0.5) is 0 Å². The van der Waals surface area contributed by atoms with Crippen LogP contribution < -0.4 is 11.1 Å². The molecule has 0 spiro atoms. The van der Waals surface area contributed by atoms with Crippen molar-refractivity contribution in [3.8, 4) is 0 Å². The zero-order chi connectivity index (χ0) is 14.4. The van der Waals surface area contributed by atoms with Crippen LogP contribution in [0.15, 0.2) is 0 Å². The molecule has 0 bridgehead atoms. The van der Waals surface area contributed by atoms with E-state index in [1.807, 2.05) is 13.8 Å². The topological polar surface area (TPSA) is 75.4 Å². The normalized spacial score (nSPS) is 17.1. The van der Waals surface area contributed by atoms with Gasteiger partial charge < -0.3 is 16.0 Å². The maximum atomic E-state index is 12.0. The fraction of sp³-hybridized carbons (Fsp3) is 0.769. The molecule has 0 aromatic heterocycles. The number of hydrogen-bond donors (Lipinski definition) is 2. The molecule has 1 heterocycles. The van der Waals surface area contributed by atoms with Gasteiger partial charge in [-0.25, -0.2) is 0 Å². The first-order valence-corrected chi connectivity index (χ1v) is 7.19. The molecule has 0 aliphatic carbocycles. The van der Waals surface area contributed by atoms with Crippen molar-refractivity contribution in [2.24, 2.45) is 17.6 Å². The predicted molar refractivity (Wildman–Crippen MR) is 78.6 cm³/mol. The van der Waals surface area contributed by atoms with Gasteiger partial charge in [0, 0.05) is 13.1 Å². The summed E-state index contributed by atoms with van der Waals surface area (Å²) in [6, 6.07) is 0. The van der Waals surface area contributed by atoms with E-state index in [-0.39, 0.29) is 29.3 Å². The van der Waals surface area contributed by atoms with Crippen molar-refractivity contribution in [1.82, 2.24) is 10.2 Å². The van der Waals surface area contributed by atoms with Gasteiger partial charge in [-0.15, -0.1) is 0 Å². The number of piperidine rings is 1. The Labute approximate surface area is 119 Å². The summed E-state index contributed by atoms with van der Waals surface area (Å²) in [5.74, 6) is -0.766. The highest BCUT2D eigenvalue weighted by atomic mass is 32.1. The Morgan fingerprint density at radius 3 is 2.32 bits per heavy atom. The first-order chi connectivity index (χ1) is 8.93. The molecule has 0 saturated carbocycles. The summed E-state index contributed by atoms with van der Waals surface area (Å²) >= 11 is 4.90. The molecule has 1 unspecified atom stereocenters. The lowest BCUT2D eigenvalue weighted by atomic mass is 9.95. The molecule has 2 amide bonds. The quantitative estimate of drug-likeness (QED) is 0.728. The summed E-state index contributed by atoms with van der Waals surface area (Å²) in [5.41, 5.74) is 5.56. The number of carbonyl (C=O) groups excluding carboxylic acids is 2. The number of thiocarbonyl (C=S) groups is 1. The molecule has 19 heavy (non-hydrogen) atoms. The molecule has 108 valence electrons. The molecule has 1 saturated heterocycles. The first kappa shape index (κ1) is 15.9. The molecule has 1 fully saturated rings. The lowest BCUT2D eigenvalue weighted by Gasteiger charge is -2.27. The molecule has 0 radical (unpaired) electrons. The van der Waals surface area contributed by atoms with E-state index in [2.05, 4.69) is 5.32 Å². The van der Waals surface area contributed by atoms with Crippen molar-refractivity contribution < 1.29 is 9.59 Å². The maximum absolute atomic E-state index is 12.0. The van der Waals surface area contributed by atoms with Gasteiger partial charge in [0.15, 0.2) is 0 Å². The molecule has 0 aromatic rings. The summed E-state index contributed by atoms with van der Waals surface area (Å²) in [4.78, 5) is 25.9. The van der Waals surface area contributed by atoms with Crippen molar-refractivity contribution in [3.05, 3.63) is 0 Å². The van der Waals surface area contributed by atoms with Gasteiger partial charge in [0.05, 0.1) is 17.5 Å². The lowest BCUT2D eigenvalue weighted by Crippen LogP contribution is -2.46. The van der Waals surface area contributed by atoms with Crippen LogP contribution in [-0.2, 0) is 9.59 Å². The smallest absolute Gasteiger partial charge is 0.241 e. The van der Waals surface area contributed by atoms with E-state index in [1.54, 1.807) is 4.90 Å². The summed E-state index contributed by atoms with van der Waals surface area (Å²) < 4.78 is 0. The number of carbonyl (C=O) groups is 2. The molecular formula is C13H23N3O2S. The van der Waals surface area contributed by atoms with Gasteiger partial charge in [-0.1, -0.05) is 26.1 Å². The van der Waals surface area contributed by atoms with Crippen LogP contribution >= 0.6 is 12.2 Å². The van der Waals surface area contributed by atoms with Crippen LogP contribution in [0.5, 0.6) is 0 Å². The zero-order valence-electron chi connectivity index (χ0n) is 11.6. The Morgan fingerprint density at radius 1 is 1.26 bits per heavy atom. The summed E-state index contributed by atoms with van der Waals surface area (Å²) in [6.45, 7) is 5.38. The predicted octanol–water partition coefficient (Wildman–Crippen LogP) is 0.673. The van der Waals surface area contributed by atoms with Gasteiger partial charge >= 0.3 is 0 Å². The molecule has 5 nitrogen and oxygen atoms in total. The highest BCUT2D eigenvalue weighted by Crippen LogP contribution is 2.12. The Balaban J connectivity index is 2.44. The number of likely N-dealkylation sites (tertiary alicyclic amines) is 1. The van der Waals surface area contributed by atoms with Crippen LogP contribution in [0.25, 0.3) is 0 Å². The third kappa shape index (κ3) is 4.78. The number of hydrogen-bond acceptors (Lipinski definition) is 3. The third-order valence-corrected chi connectivity index (χ3v) is 3.63. The monoisotopic (exact) mass is 285 g/mol. The summed E-state index contributed by atoms with van der Waals surface area (Å²) in [7, 11) is 0. The van der Waals surface area contributed by atoms with Gasteiger partial charge in [-0.05, 0) is 25.2 Å². The van der Waals surface area contributed by atoms with E-state index in [4.69, 9.17) is 18.0 Å². The average molecular weight is 285 g/mol. The minimum atomic E-state index is -0.510. The number of nitrogens with one attached hydrogen (secondary N) is 1. The zero-order valence-corrected chi connectivity index (χ0v) is 12.5. The fourth-order valence-electron chi connectivity index (χ4n) is 2.29. The number of nitrogens with zero attached hydrogens (tertiary/aromatic N) is 1.